The fourth-order valence-electron chi connectivity index (χ4n) is 4.69. The molecule has 29 heavy (non-hydrogen) atoms. The lowest BCUT2D eigenvalue weighted by molar-refractivity contribution is -0.906. The maximum Gasteiger partial charge on any atom is 0.165 e. The molecule has 1 aliphatic heterocycles. The number of morpholine rings is 1. The minimum atomic E-state index is 0.878. The van der Waals surface area contributed by atoms with E-state index in [-0.39, 0.29) is 0 Å². The zero-order valence-electron chi connectivity index (χ0n) is 17.2. The van der Waals surface area contributed by atoms with Crippen molar-refractivity contribution in [3.8, 4) is 11.1 Å². The smallest absolute Gasteiger partial charge is 0.165 e. The Labute approximate surface area is 171 Å². The standard InChI is InChI=1S/C23H29N5O/c1-17-21(18-7-3-2-4-8-18)23-25-20-10-6-5-9-19(20)22(28(23)26-17)24-11-12-27-13-15-29-16-14-27/h2-4,7-8,24H,5-6,9-16H2,1H3/p+1. The minimum Gasteiger partial charge on any atom is -0.370 e. The van der Waals surface area contributed by atoms with Gasteiger partial charge < -0.3 is 15.0 Å². The predicted molar refractivity (Wildman–Crippen MR) is 115 cm³/mol. The van der Waals surface area contributed by atoms with Gasteiger partial charge in [-0.25, -0.2) is 4.98 Å². The second-order valence-electron chi connectivity index (χ2n) is 8.19. The summed E-state index contributed by atoms with van der Waals surface area (Å²) < 4.78 is 7.56. The van der Waals surface area contributed by atoms with Crippen LogP contribution in [0.5, 0.6) is 0 Å². The Morgan fingerprint density at radius 2 is 1.90 bits per heavy atom. The van der Waals surface area contributed by atoms with Crippen molar-refractivity contribution in [2.75, 3.05) is 44.7 Å². The van der Waals surface area contributed by atoms with Gasteiger partial charge in [0.05, 0.1) is 32.0 Å². The first kappa shape index (κ1) is 18.6. The lowest BCUT2D eigenvalue weighted by Gasteiger charge is -2.25. The molecule has 0 bridgehead atoms. The summed E-state index contributed by atoms with van der Waals surface area (Å²) in [6.07, 6.45) is 4.61. The van der Waals surface area contributed by atoms with Crippen LogP contribution in [-0.2, 0) is 17.6 Å². The number of hydrogen-bond donors (Lipinski definition) is 2. The molecule has 0 spiro atoms. The molecule has 152 valence electrons. The second-order valence-corrected chi connectivity index (χ2v) is 8.19. The first-order chi connectivity index (χ1) is 14.3. The van der Waals surface area contributed by atoms with Crippen LogP contribution >= 0.6 is 0 Å². The fraction of sp³-hybridized carbons (Fsp3) is 0.478. The van der Waals surface area contributed by atoms with Gasteiger partial charge in [0.15, 0.2) is 5.65 Å². The molecule has 0 amide bonds. The highest BCUT2D eigenvalue weighted by molar-refractivity contribution is 5.81. The highest BCUT2D eigenvalue weighted by Gasteiger charge is 2.23. The fourth-order valence-corrected chi connectivity index (χ4v) is 4.69. The van der Waals surface area contributed by atoms with Crippen LogP contribution in [0.4, 0.5) is 5.82 Å². The number of ether oxygens (including phenoxy) is 1. The Hall–Kier alpha value is -2.44. The summed E-state index contributed by atoms with van der Waals surface area (Å²) in [5, 5.41) is 8.68. The number of anilines is 1. The van der Waals surface area contributed by atoms with E-state index in [4.69, 9.17) is 14.8 Å². The van der Waals surface area contributed by atoms with Crippen molar-refractivity contribution in [1.29, 1.82) is 0 Å². The van der Waals surface area contributed by atoms with Gasteiger partial charge in [0.25, 0.3) is 0 Å². The first-order valence-electron chi connectivity index (χ1n) is 10.9. The van der Waals surface area contributed by atoms with Gasteiger partial charge in [-0.05, 0) is 38.2 Å². The van der Waals surface area contributed by atoms with Crippen LogP contribution in [0, 0.1) is 6.92 Å². The van der Waals surface area contributed by atoms with E-state index in [9.17, 15) is 0 Å². The maximum atomic E-state index is 5.49. The zero-order valence-corrected chi connectivity index (χ0v) is 17.2. The Kier molecular flexibility index (Phi) is 5.21. The maximum absolute atomic E-state index is 5.49. The summed E-state index contributed by atoms with van der Waals surface area (Å²) in [6, 6.07) is 10.5. The van der Waals surface area contributed by atoms with Crippen LogP contribution in [0.1, 0.15) is 29.8 Å². The number of fused-ring (bicyclic) bond motifs is 2. The molecular weight excluding hydrogens is 362 g/mol. The molecule has 0 unspecified atom stereocenters. The van der Waals surface area contributed by atoms with Crippen molar-refractivity contribution in [1.82, 2.24) is 14.6 Å². The SMILES string of the molecule is Cc1nn2c(NCC[NH+]3CCOCC3)c3c(nc2c1-c1ccccc1)CCCC3. The Morgan fingerprint density at radius 3 is 2.72 bits per heavy atom. The van der Waals surface area contributed by atoms with Crippen LogP contribution < -0.4 is 10.2 Å². The molecule has 1 saturated heterocycles. The number of aromatic nitrogens is 3. The van der Waals surface area contributed by atoms with E-state index in [0.29, 0.717) is 0 Å². The molecule has 0 atom stereocenters. The first-order valence-corrected chi connectivity index (χ1v) is 10.9. The summed E-state index contributed by atoms with van der Waals surface area (Å²) in [4.78, 5) is 6.73. The molecule has 1 fully saturated rings. The third-order valence-electron chi connectivity index (χ3n) is 6.25. The number of hydrogen-bond acceptors (Lipinski definition) is 4. The summed E-state index contributed by atoms with van der Waals surface area (Å²) in [5.41, 5.74) is 6.97. The molecular formula is C23H30N5O+. The Morgan fingerprint density at radius 1 is 1.10 bits per heavy atom. The van der Waals surface area contributed by atoms with Gasteiger partial charge in [0, 0.05) is 16.8 Å². The lowest BCUT2D eigenvalue weighted by atomic mass is 9.96. The Balaban J connectivity index is 1.52. The van der Waals surface area contributed by atoms with Crippen LogP contribution in [0.2, 0.25) is 0 Å². The zero-order chi connectivity index (χ0) is 19.6. The monoisotopic (exact) mass is 392 g/mol. The molecule has 2 aromatic heterocycles. The molecule has 2 N–H and O–H groups in total. The highest BCUT2D eigenvalue weighted by atomic mass is 16.5. The van der Waals surface area contributed by atoms with E-state index in [2.05, 4.69) is 47.1 Å². The number of rotatable bonds is 5. The van der Waals surface area contributed by atoms with Gasteiger partial charge in [0.1, 0.15) is 18.9 Å². The average Bonchev–Trinajstić information content (AvgIpc) is 3.10. The molecule has 3 heterocycles. The van der Waals surface area contributed by atoms with Crippen molar-refractivity contribution in [2.45, 2.75) is 32.6 Å². The van der Waals surface area contributed by atoms with E-state index >= 15 is 0 Å². The molecule has 0 radical (unpaired) electrons. The number of quaternary nitrogens is 1. The summed E-state index contributed by atoms with van der Waals surface area (Å²) in [7, 11) is 0. The number of benzene rings is 1. The van der Waals surface area contributed by atoms with Crippen molar-refractivity contribution >= 4 is 11.5 Å². The molecule has 5 rings (SSSR count). The predicted octanol–water partition coefficient (Wildman–Crippen LogP) is 1.91. The van der Waals surface area contributed by atoms with Crippen molar-refractivity contribution in [3.63, 3.8) is 0 Å². The average molecular weight is 393 g/mol. The molecule has 6 heteroatoms. The van der Waals surface area contributed by atoms with E-state index in [1.165, 1.54) is 29.7 Å². The highest BCUT2D eigenvalue weighted by Crippen LogP contribution is 2.33. The molecule has 3 aromatic rings. The molecule has 6 nitrogen and oxygen atoms in total. The summed E-state index contributed by atoms with van der Waals surface area (Å²) >= 11 is 0. The molecule has 1 aliphatic carbocycles. The summed E-state index contributed by atoms with van der Waals surface area (Å²) in [6.45, 7) is 8.10. The van der Waals surface area contributed by atoms with Gasteiger partial charge >= 0.3 is 0 Å². The van der Waals surface area contributed by atoms with Crippen molar-refractivity contribution < 1.29 is 9.64 Å². The van der Waals surface area contributed by atoms with E-state index in [1.807, 2.05) is 0 Å². The second kappa shape index (κ2) is 8.13. The minimum absolute atomic E-state index is 0.878. The van der Waals surface area contributed by atoms with Gasteiger partial charge in [-0.3, -0.25) is 0 Å². The van der Waals surface area contributed by atoms with Gasteiger partial charge in [-0.2, -0.15) is 9.61 Å². The summed E-state index contributed by atoms with van der Waals surface area (Å²) in [5.74, 6) is 1.16. The third kappa shape index (κ3) is 3.63. The van der Waals surface area contributed by atoms with Gasteiger partial charge in [-0.15, -0.1) is 0 Å². The number of nitrogens with one attached hydrogen (secondary N) is 2. The van der Waals surface area contributed by atoms with E-state index < -0.39 is 0 Å². The topological polar surface area (TPSA) is 55.9 Å². The number of aryl methyl sites for hydroxylation is 2. The van der Waals surface area contributed by atoms with Crippen LogP contribution in [-0.4, -0.2) is 54.0 Å². The van der Waals surface area contributed by atoms with E-state index in [0.717, 1.165) is 75.0 Å². The van der Waals surface area contributed by atoms with Crippen LogP contribution in [0.3, 0.4) is 0 Å². The number of nitrogens with zero attached hydrogens (tertiary/aromatic N) is 3. The quantitative estimate of drug-likeness (QED) is 0.697. The lowest BCUT2D eigenvalue weighted by Crippen LogP contribution is -3.14. The molecule has 2 aliphatic rings. The van der Waals surface area contributed by atoms with Gasteiger partial charge in [-0.1, -0.05) is 30.3 Å². The molecule has 0 saturated carbocycles. The van der Waals surface area contributed by atoms with Crippen molar-refractivity contribution in [2.24, 2.45) is 0 Å². The van der Waals surface area contributed by atoms with Crippen LogP contribution in [0.15, 0.2) is 30.3 Å². The normalized spacial score (nSPS) is 17.4. The Bertz CT molecular complexity index is 992. The molecule has 1 aromatic carbocycles. The van der Waals surface area contributed by atoms with Crippen molar-refractivity contribution in [3.05, 3.63) is 47.3 Å². The van der Waals surface area contributed by atoms with Gasteiger partial charge in [0.2, 0.25) is 0 Å². The van der Waals surface area contributed by atoms with E-state index in [1.54, 1.807) is 4.90 Å². The van der Waals surface area contributed by atoms with Crippen LogP contribution in [0.25, 0.3) is 16.8 Å². The largest absolute Gasteiger partial charge is 0.370 e. The third-order valence-corrected chi connectivity index (χ3v) is 6.25.